The summed E-state index contributed by atoms with van der Waals surface area (Å²) in [7, 11) is 4.31. The molecule has 0 aliphatic heterocycles. The van der Waals surface area contributed by atoms with Gasteiger partial charge in [0.15, 0.2) is 0 Å². The number of hydrogen-bond donors (Lipinski definition) is 0. The number of methoxy groups -OCH3 is 3. The Bertz CT molecular complexity index is 438. The molecule has 116 valence electrons. The minimum absolute atomic E-state index is 0.254. The van der Waals surface area contributed by atoms with Crippen molar-refractivity contribution in [3.63, 3.8) is 0 Å². The van der Waals surface area contributed by atoms with Crippen molar-refractivity contribution in [2.24, 2.45) is 0 Å². The molecule has 6 nitrogen and oxygen atoms in total. The third-order valence-corrected chi connectivity index (χ3v) is 3.06. The Balaban J connectivity index is 2.73. The molecule has 0 atom stereocenters. The summed E-state index contributed by atoms with van der Waals surface area (Å²) in [4.78, 5) is 24.5. The lowest BCUT2D eigenvalue weighted by molar-refractivity contribution is -0.140. The van der Waals surface area contributed by atoms with Crippen molar-refractivity contribution in [1.29, 1.82) is 0 Å². The molecule has 0 aromatic heterocycles. The number of esters is 2. The maximum atomic E-state index is 11.3. The molecule has 0 radical (unpaired) electrons. The normalized spacial score (nSPS) is 9.86. The van der Waals surface area contributed by atoms with Crippen LogP contribution in [0.1, 0.15) is 12.8 Å². The summed E-state index contributed by atoms with van der Waals surface area (Å²) >= 11 is 0. The van der Waals surface area contributed by atoms with Crippen molar-refractivity contribution in [3.8, 4) is 5.75 Å². The topological polar surface area (TPSA) is 65.1 Å². The van der Waals surface area contributed by atoms with Crippen molar-refractivity contribution in [3.05, 3.63) is 24.3 Å². The zero-order chi connectivity index (χ0) is 15.7. The van der Waals surface area contributed by atoms with Crippen LogP contribution in [0.4, 0.5) is 5.69 Å². The second kappa shape index (κ2) is 8.84. The second-order valence-electron chi connectivity index (χ2n) is 4.34. The number of ether oxygens (including phenoxy) is 3. The zero-order valence-corrected chi connectivity index (χ0v) is 12.6. The summed E-state index contributed by atoms with van der Waals surface area (Å²) in [5.41, 5.74) is 0.906. The minimum Gasteiger partial charge on any atom is -0.497 e. The third kappa shape index (κ3) is 5.72. The Morgan fingerprint density at radius 2 is 1.38 bits per heavy atom. The maximum absolute atomic E-state index is 11.3. The van der Waals surface area contributed by atoms with E-state index in [0.717, 1.165) is 11.4 Å². The molecule has 1 aromatic carbocycles. The van der Waals surface area contributed by atoms with Crippen LogP contribution in [0.25, 0.3) is 0 Å². The van der Waals surface area contributed by atoms with E-state index in [1.807, 2.05) is 29.2 Å². The number of carbonyl (C=O) groups excluding carboxylic acids is 2. The first-order valence-corrected chi connectivity index (χ1v) is 6.63. The summed E-state index contributed by atoms with van der Waals surface area (Å²) in [5.74, 6) is 0.179. The highest BCUT2D eigenvalue weighted by Crippen LogP contribution is 2.20. The van der Waals surface area contributed by atoms with Gasteiger partial charge < -0.3 is 19.1 Å². The molecule has 0 unspecified atom stereocenters. The highest BCUT2D eigenvalue weighted by atomic mass is 16.5. The van der Waals surface area contributed by atoms with Gasteiger partial charge in [-0.1, -0.05) is 0 Å². The van der Waals surface area contributed by atoms with Gasteiger partial charge in [-0.05, 0) is 24.3 Å². The molecule has 21 heavy (non-hydrogen) atoms. The predicted molar refractivity (Wildman–Crippen MR) is 78.5 cm³/mol. The van der Waals surface area contributed by atoms with Gasteiger partial charge in [0.05, 0.1) is 34.2 Å². The quantitative estimate of drug-likeness (QED) is 0.679. The van der Waals surface area contributed by atoms with Gasteiger partial charge in [0.1, 0.15) is 5.75 Å². The molecular formula is C15H21NO5. The fourth-order valence-corrected chi connectivity index (χ4v) is 1.82. The number of benzene rings is 1. The van der Waals surface area contributed by atoms with Crippen LogP contribution in [-0.2, 0) is 19.1 Å². The zero-order valence-electron chi connectivity index (χ0n) is 12.6. The molecular weight excluding hydrogens is 274 g/mol. The molecule has 0 N–H and O–H groups in total. The van der Waals surface area contributed by atoms with Crippen molar-refractivity contribution in [2.45, 2.75) is 12.8 Å². The van der Waals surface area contributed by atoms with Crippen LogP contribution in [0.2, 0.25) is 0 Å². The summed E-state index contributed by atoms with van der Waals surface area (Å²) < 4.78 is 14.4. The molecule has 0 amide bonds. The van der Waals surface area contributed by atoms with E-state index in [1.54, 1.807) is 7.11 Å². The maximum Gasteiger partial charge on any atom is 0.307 e. The van der Waals surface area contributed by atoms with Gasteiger partial charge in [0.2, 0.25) is 0 Å². The number of nitrogens with zero attached hydrogens (tertiary/aromatic N) is 1. The van der Waals surface area contributed by atoms with E-state index in [2.05, 4.69) is 9.47 Å². The standard InChI is InChI=1S/C15H21NO5/c1-19-13-6-4-12(5-7-13)16(10-8-14(17)20-2)11-9-15(18)21-3/h4-7H,8-11H2,1-3H3. The summed E-state index contributed by atoms with van der Waals surface area (Å²) in [6.07, 6.45) is 0.507. The van der Waals surface area contributed by atoms with Gasteiger partial charge in [-0.2, -0.15) is 0 Å². The molecule has 1 rings (SSSR count). The van der Waals surface area contributed by atoms with Crippen molar-refractivity contribution in [1.82, 2.24) is 0 Å². The number of rotatable bonds is 8. The van der Waals surface area contributed by atoms with E-state index < -0.39 is 0 Å². The van der Waals surface area contributed by atoms with Crippen molar-refractivity contribution >= 4 is 17.6 Å². The molecule has 0 fully saturated rings. The Morgan fingerprint density at radius 3 is 1.76 bits per heavy atom. The monoisotopic (exact) mass is 295 g/mol. The second-order valence-corrected chi connectivity index (χ2v) is 4.34. The first-order chi connectivity index (χ1) is 10.1. The van der Waals surface area contributed by atoms with E-state index in [9.17, 15) is 9.59 Å². The fourth-order valence-electron chi connectivity index (χ4n) is 1.82. The van der Waals surface area contributed by atoms with Crippen LogP contribution < -0.4 is 9.64 Å². The van der Waals surface area contributed by atoms with Crippen LogP contribution in [-0.4, -0.2) is 46.4 Å². The minimum atomic E-state index is -0.286. The SMILES string of the molecule is COC(=O)CCN(CCC(=O)OC)c1ccc(OC)cc1. The molecule has 1 aromatic rings. The number of carbonyl (C=O) groups is 2. The molecule has 0 aliphatic carbocycles. The van der Waals surface area contributed by atoms with Crippen molar-refractivity contribution in [2.75, 3.05) is 39.3 Å². The lowest BCUT2D eigenvalue weighted by Crippen LogP contribution is -2.29. The summed E-state index contributed by atoms with van der Waals surface area (Å²) in [5, 5.41) is 0. The van der Waals surface area contributed by atoms with Gasteiger partial charge >= 0.3 is 11.9 Å². The lowest BCUT2D eigenvalue weighted by Gasteiger charge is -2.24. The molecule has 0 saturated carbocycles. The van der Waals surface area contributed by atoms with Gasteiger partial charge in [0.25, 0.3) is 0 Å². The van der Waals surface area contributed by atoms with Crippen LogP contribution in [0.15, 0.2) is 24.3 Å². The van der Waals surface area contributed by atoms with Crippen molar-refractivity contribution < 1.29 is 23.8 Å². The molecule has 0 heterocycles. The Morgan fingerprint density at radius 1 is 0.905 bits per heavy atom. The van der Waals surface area contributed by atoms with E-state index in [1.165, 1.54) is 14.2 Å². The average molecular weight is 295 g/mol. The first kappa shape index (κ1) is 16.8. The van der Waals surface area contributed by atoms with Crippen LogP contribution in [0, 0.1) is 0 Å². The molecule has 0 bridgehead atoms. The fraction of sp³-hybridized carbons (Fsp3) is 0.467. The van der Waals surface area contributed by atoms with E-state index in [0.29, 0.717) is 13.1 Å². The Labute approximate surface area is 124 Å². The van der Waals surface area contributed by atoms with Crippen LogP contribution >= 0.6 is 0 Å². The average Bonchev–Trinajstić information content (AvgIpc) is 2.54. The van der Waals surface area contributed by atoms with E-state index in [4.69, 9.17) is 4.74 Å². The third-order valence-electron chi connectivity index (χ3n) is 3.06. The highest BCUT2D eigenvalue weighted by Gasteiger charge is 2.12. The van der Waals surface area contributed by atoms with Crippen LogP contribution in [0.3, 0.4) is 0 Å². The lowest BCUT2D eigenvalue weighted by atomic mass is 10.2. The number of hydrogen-bond acceptors (Lipinski definition) is 6. The smallest absolute Gasteiger partial charge is 0.307 e. The van der Waals surface area contributed by atoms with E-state index >= 15 is 0 Å². The first-order valence-electron chi connectivity index (χ1n) is 6.63. The van der Waals surface area contributed by atoms with Gasteiger partial charge in [-0.15, -0.1) is 0 Å². The molecule has 0 aliphatic rings. The molecule has 0 saturated heterocycles. The van der Waals surface area contributed by atoms with Gasteiger partial charge in [-0.3, -0.25) is 9.59 Å². The van der Waals surface area contributed by atoms with Gasteiger partial charge in [0, 0.05) is 18.8 Å². The summed E-state index contributed by atoms with van der Waals surface area (Å²) in [6.45, 7) is 0.937. The summed E-state index contributed by atoms with van der Waals surface area (Å²) in [6, 6.07) is 7.43. The van der Waals surface area contributed by atoms with E-state index in [-0.39, 0.29) is 24.8 Å². The molecule has 6 heteroatoms. The highest BCUT2D eigenvalue weighted by molar-refractivity contribution is 5.71. The number of anilines is 1. The molecule has 0 spiro atoms. The predicted octanol–water partition coefficient (Wildman–Crippen LogP) is 1.63. The Hall–Kier alpha value is -2.24. The van der Waals surface area contributed by atoms with Crippen LogP contribution in [0.5, 0.6) is 5.75 Å². The Kier molecular flexibility index (Phi) is 7.08. The largest absolute Gasteiger partial charge is 0.497 e. The van der Waals surface area contributed by atoms with Gasteiger partial charge in [-0.25, -0.2) is 0 Å².